The summed E-state index contributed by atoms with van der Waals surface area (Å²) in [6.45, 7) is 3.21. The van der Waals surface area contributed by atoms with E-state index >= 15 is 0 Å². The Labute approximate surface area is 104 Å². The van der Waals surface area contributed by atoms with Crippen molar-refractivity contribution >= 4 is 0 Å². The second-order valence-electron chi connectivity index (χ2n) is 4.87. The maximum absolute atomic E-state index is 5.12. The smallest absolute Gasteiger partial charge is 0.213 e. The fraction of sp³-hybridized carbons (Fsp3) is 0.643. The minimum atomic E-state index is 0.694. The average molecular weight is 234 g/mol. The Bertz CT molecular complexity index is 354. The quantitative estimate of drug-likeness (QED) is 0.850. The molecule has 0 amide bonds. The van der Waals surface area contributed by atoms with Gasteiger partial charge in [0.15, 0.2) is 0 Å². The number of methoxy groups -OCH3 is 1. The van der Waals surface area contributed by atoms with Crippen molar-refractivity contribution in [1.82, 2.24) is 10.3 Å². The van der Waals surface area contributed by atoms with Gasteiger partial charge in [0.1, 0.15) is 0 Å². The Hall–Kier alpha value is -1.09. The molecule has 2 unspecified atom stereocenters. The summed E-state index contributed by atoms with van der Waals surface area (Å²) in [6, 6.07) is 4.74. The van der Waals surface area contributed by atoms with E-state index in [-0.39, 0.29) is 0 Å². The molecule has 1 heterocycles. The molecule has 2 atom stereocenters. The molecule has 1 aromatic rings. The molecular formula is C14H22N2O. The number of ether oxygens (including phenoxy) is 1. The molecule has 0 bridgehead atoms. The lowest BCUT2D eigenvalue weighted by molar-refractivity contribution is 0.396. The van der Waals surface area contributed by atoms with Crippen molar-refractivity contribution in [3.63, 3.8) is 0 Å². The molecule has 1 saturated carbocycles. The standard InChI is InChI=1S/C14H22N2O/c1-3-11-4-5-13(8-11)16-10-12-6-7-15-14(9-12)17-2/h6-7,9,11,13,16H,3-5,8,10H2,1-2H3. The molecule has 3 nitrogen and oxygen atoms in total. The number of aromatic nitrogens is 1. The number of nitrogens with one attached hydrogen (secondary N) is 1. The summed E-state index contributed by atoms with van der Waals surface area (Å²) in [6.07, 6.45) is 7.16. The number of nitrogens with zero attached hydrogens (tertiary/aromatic N) is 1. The molecule has 1 aromatic heterocycles. The third-order valence-corrected chi connectivity index (χ3v) is 3.72. The fourth-order valence-electron chi connectivity index (χ4n) is 2.57. The Morgan fingerprint density at radius 1 is 1.47 bits per heavy atom. The first-order valence-electron chi connectivity index (χ1n) is 6.54. The summed E-state index contributed by atoms with van der Waals surface area (Å²) in [5, 5.41) is 3.63. The summed E-state index contributed by atoms with van der Waals surface area (Å²) in [5.41, 5.74) is 1.25. The van der Waals surface area contributed by atoms with Crippen molar-refractivity contribution in [3.8, 4) is 5.88 Å². The highest BCUT2D eigenvalue weighted by atomic mass is 16.5. The van der Waals surface area contributed by atoms with E-state index in [0.29, 0.717) is 11.9 Å². The van der Waals surface area contributed by atoms with Gasteiger partial charge in [-0.25, -0.2) is 4.98 Å². The monoisotopic (exact) mass is 234 g/mol. The molecule has 0 aliphatic heterocycles. The first kappa shape index (κ1) is 12.4. The predicted molar refractivity (Wildman–Crippen MR) is 69.0 cm³/mol. The molecule has 0 radical (unpaired) electrons. The third kappa shape index (κ3) is 3.43. The predicted octanol–water partition coefficient (Wildman–Crippen LogP) is 2.76. The van der Waals surface area contributed by atoms with E-state index in [1.54, 1.807) is 13.3 Å². The van der Waals surface area contributed by atoms with Crippen molar-refractivity contribution in [3.05, 3.63) is 23.9 Å². The SMILES string of the molecule is CCC1CCC(NCc2ccnc(OC)c2)C1. The van der Waals surface area contributed by atoms with Gasteiger partial charge < -0.3 is 10.1 Å². The molecule has 0 aromatic carbocycles. The molecular weight excluding hydrogens is 212 g/mol. The lowest BCUT2D eigenvalue weighted by atomic mass is 10.1. The molecule has 94 valence electrons. The van der Waals surface area contributed by atoms with E-state index in [9.17, 15) is 0 Å². The summed E-state index contributed by atoms with van der Waals surface area (Å²) >= 11 is 0. The fourth-order valence-corrected chi connectivity index (χ4v) is 2.57. The van der Waals surface area contributed by atoms with Crippen LogP contribution in [0.5, 0.6) is 5.88 Å². The minimum Gasteiger partial charge on any atom is -0.481 e. The second kappa shape index (κ2) is 6.01. The molecule has 0 spiro atoms. The van der Waals surface area contributed by atoms with Gasteiger partial charge in [0.2, 0.25) is 5.88 Å². The van der Waals surface area contributed by atoms with Crippen LogP contribution in [-0.2, 0) is 6.54 Å². The van der Waals surface area contributed by atoms with Crippen LogP contribution in [0.1, 0.15) is 38.2 Å². The highest BCUT2D eigenvalue weighted by Gasteiger charge is 2.22. The van der Waals surface area contributed by atoms with Crippen LogP contribution in [0.25, 0.3) is 0 Å². The van der Waals surface area contributed by atoms with Crippen LogP contribution < -0.4 is 10.1 Å². The zero-order chi connectivity index (χ0) is 12.1. The van der Waals surface area contributed by atoms with Gasteiger partial charge in [-0.3, -0.25) is 0 Å². The lowest BCUT2D eigenvalue weighted by Crippen LogP contribution is -2.25. The van der Waals surface area contributed by atoms with E-state index in [4.69, 9.17) is 4.74 Å². The minimum absolute atomic E-state index is 0.694. The van der Waals surface area contributed by atoms with Gasteiger partial charge in [-0.1, -0.05) is 13.3 Å². The first-order chi connectivity index (χ1) is 8.31. The van der Waals surface area contributed by atoms with Crippen LogP contribution in [0.3, 0.4) is 0 Å². The summed E-state index contributed by atoms with van der Waals surface area (Å²) in [5.74, 6) is 1.63. The molecule has 17 heavy (non-hydrogen) atoms. The Kier molecular flexibility index (Phi) is 4.37. The van der Waals surface area contributed by atoms with Crippen molar-refractivity contribution in [1.29, 1.82) is 0 Å². The maximum Gasteiger partial charge on any atom is 0.213 e. The molecule has 2 rings (SSSR count). The normalized spacial score (nSPS) is 23.9. The number of rotatable bonds is 5. The second-order valence-corrected chi connectivity index (χ2v) is 4.87. The van der Waals surface area contributed by atoms with Crippen LogP contribution in [0.4, 0.5) is 0 Å². The van der Waals surface area contributed by atoms with Crippen LogP contribution in [0.15, 0.2) is 18.3 Å². The molecule has 1 N–H and O–H groups in total. The third-order valence-electron chi connectivity index (χ3n) is 3.72. The van der Waals surface area contributed by atoms with Crippen LogP contribution in [0, 0.1) is 5.92 Å². The number of hydrogen-bond donors (Lipinski definition) is 1. The van der Waals surface area contributed by atoms with Gasteiger partial charge in [-0.2, -0.15) is 0 Å². The van der Waals surface area contributed by atoms with Crippen LogP contribution in [-0.4, -0.2) is 18.1 Å². The Morgan fingerprint density at radius 2 is 2.35 bits per heavy atom. The van der Waals surface area contributed by atoms with Crippen molar-refractivity contribution in [2.24, 2.45) is 5.92 Å². The maximum atomic E-state index is 5.12. The van der Waals surface area contributed by atoms with Crippen molar-refractivity contribution in [2.45, 2.75) is 45.2 Å². The molecule has 1 fully saturated rings. The van der Waals surface area contributed by atoms with E-state index < -0.39 is 0 Å². The molecule has 0 saturated heterocycles. The summed E-state index contributed by atoms with van der Waals surface area (Å²) < 4.78 is 5.12. The van der Waals surface area contributed by atoms with Crippen molar-refractivity contribution < 1.29 is 4.74 Å². The Morgan fingerprint density at radius 3 is 3.06 bits per heavy atom. The van der Waals surface area contributed by atoms with E-state index in [1.165, 1.54) is 31.2 Å². The number of hydrogen-bond acceptors (Lipinski definition) is 3. The molecule has 3 heteroatoms. The van der Waals surface area contributed by atoms with E-state index in [1.807, 2.05) is 12.1 Å². The number of pyridine rings is 1. The largest absolute Gasteiger partial charge is 0.481 e. The van der Waals surface area contributed by atoms with Crippen LogP contribution in [0.2, 0.25) is 0 Å². The lowest BCUT2D eigenvalue weighted by Gasteiger charge is -2.13. The van der Waals surface area contributed by atoms with E-state index in [2.05, 4.69) is 17.2 Å². The van der Waals surface area contributed by atoms with Gasteiger partial charge in [-0.15, -0.1) is 0 Å². The zero-order valence-corrected chi connectivity index (χ0v) is 10.8. The Balaban J connectivity index is 1.81. The van der Waals surface area contributed by atoms with Gasteiger partial charge in [0.25, 0.3) is 0 Å². The first-order valence-corrected chi connectivity index (χ1v) is 6.54. The molecule has 1 aliphatic rings. The van der Waals surface area contributed by atoms with Gasteiger partial charge in [0, 0.05) is 24.8 Å². The molecule has 1 aliphatic carbocycles. The van der Waals surface area contributed by atoms with Gasteiger partial charge in [-0.05, 0) is 36.8 Å². The highest BCUT2D eigenvalue weighted by molar-refractivity contribution is 5.20. The van der Waals surface area contributed by atoms with Crippen molar-refractivity contribution in [2.75, 3.05) is 7.11 Å². The zero-order valence-electron chi connectivity index (χ0n) is 10.8. The summed E-state index contributed by atoms with van der Waals surface area (Å²) in [7, 11) is 1.66. The van der Waals surface area contributed by atoms with Gasteiger partial charge in [0.05, 0.1) is 7.11 Å². The average Bonchev–Trinajstić information content (AvgIpc) is 2.84. The summed E-state index contributed by atoms with van der Waals surface area (Å²) in [4.78, 5) is 4.11. The van der Waals surface area contributed by atoms with E-state index in [0.717, 1.165) is 12.5 Å². The highest BCUT2D eigenvalue weighted by Crippen LogP contribution is 2.28. The van der Waals surface area contributed by atoms with Crippen LogP contribution >= 0.6 is 0 Å². The van der Waals surface area contributed by atoms with Gasteiger partial charge >= 0.3 is 0 Å². The topological polar surface area (TPSA) is 34.2 Å².